The van der Waals surface area contributed by atoms with Crippen LogP contribution in [0.2, 0.25) is 0 Å². The molecule has 3 rings (SSSR count). The second-order valence-corrected chi connectivity index (χ2v) is 6.40. The number of nitrogens with one attached hydrogen (secondary N) is 3. The fourth-order valence-electron chi connectivity index (χ4n) is 2.30. The van der Waals surface area contributed by atoms with Gasteiger partial charge in [0.25, 0.3) is 5.91 Å². The molecule has 3 aromatic rings. The SMILES string of the molecule is O=C(NCCCl)NNC(=O)c1cc(-c2cccs2)nc2ccccc12. The van der Waals surface area contributed by atoms with E-state index < -0.39 is 11.9 Å². The number of thiophene rings is 1. The minimum atomic E-state index is -0.522. The summed E-state index contributed by atoms with van der Waals surface area (Å²) in [4.78, 5) is 29.7. The summed E-state index contributed by atoms with van der Waals surface area (Å²) in [6, 6.07) is 12.5. The van der Waals surface area contributed by atoms with Gasteiger partial charge in [0, 0.05) is 17.8 Å². The first-order valence-corrected chi connectivity index (χ1v) is 8.94. The number of benzene rings is 1. The molecule has 0 atom stereocenters. The summed E-state index contributed by atoms with van der Waals surface area (Å²) in [5.74, 6) is -0.127. The van der Waals surface area contributed by atoms with Crippen molar-refractivity contribution in [2.45, 2.75) is 0 Å². The van der Waals surface area contributed by atoms with E-state index >= 15 is 0 Å². The highest BCUT2D eigenvalue weighted by molar-refractivity contribution is 7.13. The van der Waals surface area contributed by atoms with Crippen LogP contribution in [0.5, 0.6) is 0 Å². The van der Waals surface area contributed by atoms with Gasteiger partial charge in [-0.25, -0.2) is 15.2 Å². The van der Waals surface area contributed by atoms with Gasteiger partial charge in [0.2, 0.25) is 0 Å². The zero-order chi connectivity index (χ0) is 17.6. The quantitative estimate of drug-likeness (QED) is 0.484. The lowest BCUT2D eigenvalue weighted by atomic mass is 10.1. The van der Waals surface area contributed by atoms with Gasteiger partial charge in [-0.15, -0.1) is 22.9 Å². The summed E-state index contributed by atoms with van der Waals surface area (Å²) in [5, 5.41) is 5.17. The molecule has 0 spiro atoms. The molecule has 0 bridgehead atoms. The number of hydrogen-bond acceptors (Lipinski definition) is 4. The summed E-state index contributed by atoms with van der Waals surface area (Å²) >= 11 is 7.05. The van der Waals surface area contributed by atoms with Crippen LogP contribution in [0.25, 0.3) is 21.5 Å². The highest BCUT2D eigenvalue weighted by Gasteiger charge is 2.14. The number of amides is 3. The number of aromatic nitrogens is 1. The first-order valence-electron chi connectivity index (χ1n) is 7.53. The topological polar surface area (TPSA) is 83.1 Å². The Hall–Kier alpha value is -2.64. The van der Waals surface area contributed by atoms with Gasteiger partial charge in [0.05, 0.1) is 21.7 Å². The molecule has 0 fully saturated rings. The number of carbonyl (C=O) groups is 2. The predicted octanol–water partition coefficient (Wildman–Crippen LogP) is 3.15. The number of pyridine rings is 1. The average molecular weight is 375 g/mol. The minimum absolute atomic E-state index is 0.292. The molecule has 6 nitrogen and oxygen atoms in total. The number of hydrazine groups is 1. The average Bonchev–Trinajstić information content (AvgIpc) is 3.18. The van der Waals surface area contributed by atoms with Gasteiger partial charge in [-0.05, 0) is 23.6 Å². The van der Waals surface area contributed by atoms with Crippen molar-refractivity contribution in [2.75, 3.05) is 12.4 Å². The van der Waals surface area contributed by atoms with E-state index in [1.807, 2.05) is 41.8 Å². The van der Waals surface area contributed by atoms with E-state index in [-0.39, 0.29) is 0 Å². The smallest absolute Gasteiger partial charge is 0.333 e. The van der Waals surface area contributed by atoms with E-state index in [2.05, 4.69) is 21.2 Å². The first-order chi connectivity index (χ1) is 12.2. The monoisotopic (exact) mass is 374 g/mol. The maximum atomic E-state index is 12.6. The van der Waals surface area contributed by atoms with Crippen LogP contribution in [0.15, 0.2) is 47.8 Å². The van der Waals surface area contributed by atoms with Crippen molar-refractivity contribution in [3.05, 3.63) is 53.4 Å². The van der Waals surface area contributed by atoms with E-state index in [4.69, 9.17) is 11.6 Å². The number of nitrogens with zero attached hydrogens (tertiary/aromatic N) is 1. The van der Waals surface area contributed by atoms with Crippen LogP contribution in [-0.4, -0.2) is 29.3 Å². The zero-order valence-corrected chi connectivity index (χ0v) is 14.7. The molecule has 128 valence electrons. The Kier molecular flexibility index (Phi) is 5.47. The van der Waals surface area contributed by atoms with Crippen molar-refractivity contribution < 1.29 is 9.59 Å². The molecule has 25 heavy (non-hydrogen) atoms. The van der Waals surface area contributed by atoms with Crippen molar-refractivity contribution in [3.8, 4) is 10.6 Å². The van der Waals surface area contributed by atoms with Crippen molar-refractivity contribution in [1.82, 2.24) is 21.2 Å². The predicted molar refractivity (Wildman–Crippen MR) is 99.8 cm³/mol. The lowest BCUT2D eigenvalue weighted by Crippen LogP contribution is -2.47. The van der Waals surface area contributed by atoms with Gasteiger partial charge in [-0.1, -0.05) is 24.3 Å². The third-order valence-electron chi connectivity index (χ3n) is 3.40. The molecular weight excluding hydrogens is 360 g/mol. The molecule has 0 aliphatic carbocycles. The van der Waals surface area contributed by atoms with Crippen molar-refractivity contribution in [1.29, 1.82) is 0 Å². The van der Waals surface area contributed by atoms with Gasteiger partial charge in [0.15, 0.2) is 0 Å². The molecule has 0 aliphatic heterocycles. The maximum Gasteiger partial charge on any atom is 0.333 e. The number of halogens is 1. The number of carbonyl (C=O) groups excluding carboxylic acids is 2. The van der Waals surface area contributed by atoms with Gasteiger partial charge < -0.3 is 5.32 Å². The standard InChI is InChI=1S/C17H15ClN4O2S/c18-7-8-19-17(24)22-21-16(23)12-10-14(15-6-3-9-25-15)20-13-5-2-1-4-11(12)13/h1-6,9-10H,7-8H2,(H,21,23)(H2,19,22,24). The number of fused-ring (bicyclic) bond motifs is 1. The highest BCUT2D eigenvalue weighted by Crippen LogP contribution is 2.27. The van der Waals surface area contributed by atoms with E-state index in [1.165, 1.54) is 0 Å². The number of rotatable bonds is 4. The molecule has 8 heteroatoms. The van der Waals surface area contributed by atoms with Gasteiger partial charge in [-0.2, -0.15) is 0 Å². The first kappa shape index (κ1) is 17.2. The number of para-hydroxylation sites is 1. The molecular formula is C17H15ClN4O2S. The summed E-state index contributed by atoms with van der Waals surface area (Å²) in [7, 11) is 0. The number of hydrogen-bond donors (Lipinski definition) is 3. The van der Waals surface area contributed by atoms with Gasteiger partial charge in [-0.3, -0.25) is 10.2 Å². The summed E-state index contributed by atoms with van der Waals surface area (Å²) in [6.07, 6.45) is 0. The van der Waals surface area contributed by atoms with Crippen LogP contribution < -0.4 is 16.2 Å². The lowest BCUT2D eigenvalue weighted by Gasteiger charge is -2.11. The Balaban J connectivity index is 1.89. The van der Waals surface area contributed by atoms with Gasteiger partial charge >= 0.3 is 6.03 Å². The van der Waals surface area contributed by atoms with Crippen molar-refractivity contribution >= 4 is 45.8 Å². The summed E-state index contributed by atoms with van der Waals surface area (Å²) in [5.41, 5.74) is 6.58. The molecule has 1 aromatic carbocycles. The molecule has 0 saturated heterocycles. The largest absolute Gasteiger partial charge is 0.336 e. The Bertz CT molecular complexity index is 899. The Morgan fingerprint density at radius 1 is 1.12 bits per heavy atom. The van der Waals surface area contributed by atoms with E-state index in [0.717, 1.165) is 4.88 Å². The van der Waals surface area contributed by atoms with Crippen molar-refractivity contribution in [3.63, 3.8) is 0 Å². The van der Waals surface area contributed by atoms with Crippen molar-refractivity contribution in [2.24, 2.45) is 0 Å². The Morgan fingerprint density at radius 2 is 1.96 bits per heavy atom. The number of urea groups is 1. The molecule has 2 heterocycles. The Morgan fingerprint density at radius 3 is 2.72 bits per heavy atom. The lowest BCUT2D eigenvalue weighted by molar-refractivity contribution is 0.0938. The molecule has 0 unspecified atom stereocenters. The zero-order valence-electron chi connectivity index (χ0n) is 13.1. The highest BCUT2D eigenvalue weighted by atomic mass is 35.5. The normalized spacial score (nSPS) is 10.4. The van der Waals surface area contributed by atoms with E-state index in [9.17, 15) is 9.59 Å². The summed E-state index contributed by atoms with van der Waals surface area (Å²) < 4.78 is 0. The molecule has 2 aromatic heterocycles. The summed E-state index contributed by atoms with van der Waals surface area (Å²) in [6.45, 7) is 0.309. The molecule has 0 saturated carbocycles. The third-order valence-corrected chi connectivity index (χ3v) is 4.49. The second kappa shape index (κ2) is 7.96. The molecule has 3 amide bonds. The minimum Gasteiger partial charge on any atom is -0.336 e. The van der Waals surface area contributed by atoms with E-state index in [0.29, 0.717) is 34.6 Å². The molecule has 0 aliphatic rings. The van der Waals surface area contributed by atoms with Crippen LogP contribution >= 0.6 is 22.9 Å². The van der Waals surface area contributed by atoms with Crippen LogP contribution in [0.3, 0.4) is 0 Å². The molecule has 0 radical (unpaired) electrons. The fourth-order valence-corrected chi connectivity index (χ4v) is 3.08. The van der Waals surface area contributed by atoms with Gasteiger partial charge in [0.1, 0.15) is 0 Å². The fraction of sp³-hybridized carbons (Fsp3) is 0.118. The third kappa shape index (κ3) is 4.07. The number of alkyl halides is 1. The van der Waals surface area contributed by atoms with Crippen LogP contribution in [0.1, 0.15) is 10.4 Å². The van der Waals surface area contributed by atoms with Crippen LogP contribution in [0, 0.1) is 0 Å². The van der Waals surface area contributed by atoms with E-state index in [1.54, 1.807) is 17.4 Å². The Labute approximate surface area is 153 Å². The maximum absolute atomic E-state index is 12.6. The molecule has 3 N–H and O–H groups in total. The second-order valence-electron chi connectivity index (χ2n) is 5.07. The van der Waals surface area contributed by atoms with Crippen LogP contribution in [0.4, 0.5) is 4.79 Å². The van der Waals surface area contributed by atoms with Crippen LogP contribution in [-0.2, 0) is 0 Å².